The van der Waals surface area contributed by atoms with E-state index in [0.717, 1.165) is 5.69 Å². The van der Waals surface area contributed by atoms with Crippen LogP contribution in [0.4, 0.5) is 15.9 Å². The van der Waals surface area contributed by atoms with Crippen molar-refractivity contribution in [1.29, 1.82) is 5.41 Å². The van der Waals surface area contributed by atoms with E-state index < -0.39 is 0 Å². The van der Waals surface area contributed by atoms with Gasteiger partial charge >= 0.3 is 0 Å². The van der Waals surface area contributed by atoms with Crippen LogP contribution in [0, 0.1) is 11.2 Å². The molecule has 1 aromatic carbocycles. The summed E-state index contributed by atoms with van der Waals surface area (Å²) in [7, 11) is 0. The fourth-order valence-corrected chi connectivity index (χ4v) is 1.83. The van der Waals surface area contributed by atoms with Gasteiger partial charge in [0, 0.05) is 24.0 Å². The van der Waals surface area contributed by atoms with E-state index in [9.17, 15) is 4.39 Å². The first kappa shape index (κ1) is 13.0. The lowest BCUT2D eigenvalue weighted by molar-refractivity contribution is 0.627. The molecule has 0 aliphatic heterocycles. The molecule has 0 bridgehead atoms. The third kappa shape index (κ3) is 2.88. The number of hydrogen-bond donors (Lipinski definition) is 2. The van der Waals surface area contributed by atoms with Gasteiger partial charge in [-0.25, -0.2) is 9.37 Å². The number of nitrogens with zero attached hydrogens (tertiary/aromatic N) is 2. The van der Waals surface area contributed by atoms with Crippen molar-refractivity contribution in [2.24, 2.45) is 5.73 Å². The minimum Gasteiger partial charge on any atom is -0.384 e. The Labute approximate surface area is 111 Å². The summed E-state index contributed by atoms with van der Waals surface area (Å²) in [4.78, 5) is 6.14. The molecule has 5 heteroatoms. The van der Waals surface area contributed by atoms with E-state index >= 15 is 0 Å². The van der Waals surface area contributed by atoms with Crippen LogP contribution in [0.2, 0.25) is 0 Å². The number of nitrogens with two attached hydrogens (primary N) is 1. The van der Waals surface area contributed by atoms with Crippen molar-refractivity contribution in [1.82, 2.24) is 4.98 Å². The minimum absolute atomic E-state index is 0.0205. The Bertz CT molecular complexity index is 580. The van der Waals surface area contributed by atoms with Crippen LogP contribution in [-0.2, 0) is 0 Å². The van der Waals surface area contributed by atoms with Gasteiger partial charge in [0.25, 0.3) is 0 Å². The standard InChI is InChI=1S/C14H15FN4/c1-2-19(12-5-3-4-11(15)8-12)13-7-6-10(9-18-13)14(16)17/h3-9H,2H2,1H3,(H3,16,17). The molecular weight excluding hydrogens is 243 g/mol. The Balaban J connectivity index is 2.34. The fraction of sp³-hybridized carbons (Fsp3) is 0.143. The van der Waals surface area contributed by atoms with E-state index in [2.05, 4.69) is 4.98 Å². The second-order valence-electron chi connectivity index (χ2n) is 4.04. The highest BCUT2D eigenvalue weighted by molar-refractivity contribution is 5.94. The number of hydrogen-bond acceptors (Lipinski definition) is 3. The van der Waals surface area contributed by atoms with Gasteiger partial charge in [-0.1, -0.05) is 6.07 Å². The molecule has 0 atom stereocenters. The lowest BCUT2D eigenvalue weighted by atomic mass is 10.2. The first-order chi connectivity index (χ1) is 9.11. The molecule has 0 radical (unpaired) electrons. The highest BCUT2D eigenvalue weighted by atomic mass is 19.1. The molecule has 0 aliphatic carbocycles. The van der Waals surface area contributed by atoms with E-state index in [1.54, 1.807) is 24.4 Å². The monoisotopic (exact) mass is 258 g/mol. The number of rotatable bonds is 4. The molecule has 0 fully saturated rings. The van der Waals surface area contributed by atoms with E-state index in [-0.39, 0.29) is 11.7 Å². The van der Waals surface area contributed by atoms with Gasteiger partial charge in [0.1, 0.15) is 17.5 Å². The molecule has 0 saturated carbocycles. The van der Waals surface area contributed by atoms with Crippen LogP contribution in [0.15, 0.2) is 42.6 Å². The summed E-state index contributed by atoms with van der Waals surface area (Å²) in [6.07, 6.45) is 1.54. The van der Waals surface area contributed by atoms with Crippen molar-refractivity contribution in [2.45, 2.75) is 6.92 Å². The summed E-state index contributed by atoms with van der Waals surface area (Å²) >= 11 is 0. The summed E-state index contributed by atoms with van der Waals surface area (Å²) < 4.78 is 13.3. The summed E-state index contributed by atoms with van der Waals surface area (Å²) in [6.45, 7) is 2.63. The maximum Gasteiger partial charge on any atom is 0.132 e. The molecular formula is C14H15FN4. The molecule has 2 rings (SSSR count). The van der Waals surface area contributed by atoms with Gasteiger partial charge in [-0.15, -0.1) is 0 Å². The summed E-state index contributed by atoms with van der Waals surface area (Å²) in [6, 6.07) is 9.86. The predicted octanol–water partition coefficient (Wildman–Crippen LogP) is 2.66. The van der Waals surface area contributed by atoms with E-state index in [1.807, 2.05) is 17.9 Å². The third-order valence-electron chi connectivity index (χ3n) is 2.77. The number of pyridine rings is 1. The first-order valence-corrected chi connectivity index (χ1v) is 5.95. The Morgan fingerprint density at radius 2 is 2.16 bits per heavy atom. The molecule has 0 spiro atoms. The topological polar surface area (TPSA) is 66.0 Å². The number of anilines is 2. The molecule has 0 aliphatic rings. The molecule has 1 heterocycles. The lowest BCUT2D eigenvalue weighted by Gasteiger charge is -2.22. The predicted molar refractivity (Wildman–Crippen MR) is 74.3 cm³/mol. The van der Waals surface area contributed by atoms with Gasteiger partial charge in [-0.05, 0) is 37.3 Å². The first-order valence-electron chi connectivity index (χ1n) is 5.95. The van der Waals surface area contributed by atoms with Crippen LogP contribution in [0.25, 0.3) is 0 Å². The van der Waals surface area contributed by atoms with Crippen molar-refractivity contribution < 1.29 is 4.39 Å². The molecule has 0 unspecified atom stereocenters. The molecule has 1 aromatic heterocycles. The van der Waals surface area contributed by atoms with Gasteiger partial charge in [0.05, 0.1) is 0 Å². The number of aromatic nitrogens is 1. The highest BCUT2D eigenvalue weighted by Crippen LogP contribution is 2.23. The van der Waals surface area contributed by atoms with Crippen molar-refractivity contribution in [3.63, 3.8) is 0 Å². The molecule has 0 saturated heterocycles. The maximum atomic E-state index is 13.3. The Morgan fingerprint density at radius 3 is 2.68 bits per heavy atom. The van der Waals surface area contributed by atoms with Crippen molar-refractivity contribution in [3.8, 4) is 0 Å². The summed E-state index contributed by atoms with van der Waals surface area (Å²) in [5.74, 6) is 0.391. The molecule has 0 amide bonds. The highest BCUT2D eigenvalue weighted by Gasteiger charge is 2.09. The second-order valence-corrected chi connectivity index (χ2v) is 4.04. The zero-order valence-electron chi connectivity index (χ0n) is 10.6. The molecule has 98 valence electrons. The zero-order chi connectivity index (χ0) is 13.8. The normalized spacial score (nSPS) is 10.2. The molecule has 4 nitrogen and oxygen atoms in total. The smallest absolute Gasteiger partial charge is 0.132 e. The average molecular weight is 258 g/mol. The molecule has 19 heavy (non-hydrogen) atoms. The second kappa shape index (κ2) is 5.48. The minimum atomic E-state index is -0.281. The van der Waals surface area contributed by atoms with Crippen molar-refractivity contribution in [2.75, 3.05) is 11.4 Å². The Morgan fingerprint density at radius 1 is 1.37 bits per heavy atom. The number of nitrogens with one attached hydrogen (secondary N) is 1. The molecule has 2 aromatic rings. The number of amidine groups is 1. The van der Waals surface area contributed by atoms with Crippen LogP contribution in [0.5, 0.6) is 0 Å². The van der Waals surface area contributed by atoms with Gasteiger partial charge in [-0.3, -0.25) is 5.41 Å². The van der Waals surface area contributed by atoms with E-state index in [0.29, 0.717) is 17.9 Å². The van der Waals surface area contributed by atoms with Crippen molar-refractivity contribution >= 4 is 17.3 Å². The van der Waals surface area contributed by atoms with E-state index in [4.69, 9.17) is 11.1 Å². The Hall–Kier alpha value is -2.43. The number of halogens is 1. The largest absolute Gasteiger partial charge is 0.384 e. The molecule has 3 N–H and O–H groups in total. The SMILES string of the molecule is CCN(c1cccc(F)c1)c1ccc(C(=N)N)cn1. The third-order valence-corrected chi connectivity index (χ3v) is 2.77. The van der Waals surface area contributed by atoms with Gasteiger partial charge < -0.3 is 10.6 Å². The average Bonchev–Trinajstić information content (AvgIpc) is 2.40. The summed E-state index contributed by atoms with van der Waals surface area (Å²) in [5, 5.41) is 7.32. The Kier molecular flexibility index (Phi) is 3.75. The number of nitrogen functional groups attached to an aromatic ring is 1. The summed E-state index contributed by atoms with van der Waals surface area (Å²) in [5.41, 5.74) is 6.69. The lowest BCUT2D eigenvalue weighted by Crippen LogP contribution is -2.18. The number of benzene rings is 1. The van der Waals surface area contributed by atoms with Crippen LogP contribution in [0.1, 0.15) is 12.5 Å². The van der Waals surface area contributed by atoms with Gasteiger partial charge in [0.2, 0.25) is 0 Å². The zero-order valence-corrected chi connectivity index (χ0v) is 10.6. The van der Waals surface area contributed by atoms with Crippen LogP contribution < -0.4 is 10.6 Å². The van der Waals surface area contributed by atoms with Crippen LogP contribution in [0.3, 0.4) is 0 Å². The van der Waals surface area contributed by atoms with Crippen LogP contribution in [-0.4, -0.2) is 17.4 Å². The quantitative estimate of drug-likeness (QED) is 0.654. The van der Waals surface area contributed by atoms with E-state index in [1.165, 1.54) is 12.1 Å². The fourth-order valence-electron chi connectivity index (χ4n) is 1.83. The van der Waals surface area contributed by atoms with Crippen molar-refractivity contribution in [3.05, 3.63) is 54.0 Å². The van der Waals surface area contributed by atoms with Gasteiger partial charge in [0.15, 0.2) is 0 Å². The maximum absolute atomic E-state index is 13.3. The van der Waals surface area contributed by atoms with Gasteiger partial charge in [-0.2, -0.15) is 0 Å². The van der Waals surface area contributed by atoms with Crippen LogP contribution >= 0.6 is 0 Å².